The Morgan fingerprint density at radius 1 is 0.697 bits per heavy atom. The fraction of sp³-hybridized carbons (Fsp3) is 0.778. The van der Waals surface area contributed by atoms with Crippen LogP contribution in [0.3, 0.4) is 0 Å². The second-order valence-electron chi connectivity index (χ2n) is 12.5. The van der Waals surface area contributed by atoms with Gasteiger partial charge in [0.15, 0.2) is 5.30 Å². The highest BCUT2D eigenvalue weighted by atomic mass is 31.2. The fourth-order valence-corrected chi connectivity index (χ4v) is 5.14. The van der Waals surface area contributed by atoms with Gasteiger partial charge in [-0.25, -0.2) is 0 Å². The zero-order valence-corrected chi connectivity index (χ0v) is 24.0. The molecule has 1 rings (SSSR count). The van der Waals surface area contributed by atoms with Crippen molar-refractivity contribution in [3.63, 3.8) is 0 Å². The van der Waals surface area contributed by atoms with E-state index in [0.29, 0.717) is 5.30 Å². The molecule has 1 aromatic rings. The molecule has 0 saturated heterocycles. The summed E-state index contributed by atoms with van der Waals surface area (Å²) in [6, 6.07) is 4.03. The highest BCUT2D eigenvalue weighted by molar-refractivity contribution is 7.67. The van der Waals surface area contributed by atoms with Crippen LogP contribution in [-0.4, -0.2) is 38.1 Å². The normalized spacial score (nSPS) is 13.6. The van der Waals surface area contributed by atoms with E-state index in [4.69, 9.17) is 10.2 Å². The van der Waals surface area contributed by atoms with E-state index in [0.717, 1.165) is 42.4 Å². The average molecular weight is 488 g/mol. The minimum atomic E-state index is -4.11. The largest absolute Gasteiger partial charge is 0.441 e. The molecule has 0 aliphatic carbocycles. The Morgan fingerprint density at radius 3 is 1.30 bits per heavy atom. The Labute approximate surface area is 203 Å². The molecule has 0 aliphatic heterocycles. The van der Waals surface area contributed by atoms with Gasteiger partial charge in [0.1, 0.15) is 0 Å². The third-order valence-corrected chi connectivity index (χ3v) is 7.46. The van der Waals surface area contributed by atoms with Crippen molar-refractivity contribution < 1.29 is 24.9 Å². The van der Waals surface area contributed by atoms with Gasteiger partial charge in [-0.05, 0) is 34.7 Å². The molecule has 0 saturated carbocycles. The zero-order chi connectivity index (χ0) is 26.5. The van der Waals surface area contributed by atoms with Gasteiger partial charge in [0.05, 0.1) is 13.2 Å². The van der Waals surface area contributed by atoms with Crippen LogP contribution in [0.5, 0.6) is 0 Å². The number of unbranched alkanes of at least 4 members (excludes halogenated alkanes) is 1. The molecule has 0 radical (unpaired) electrons. The molecule has 0 spiro atoms. The van der Waals surface area contributed by atoms with Crippen molar-refractivity contribution in [2.75, 3.05) is 13.2 Å². The van der Waals surface area contributed by atoms with Gasteiger partial charge < -0.3 is 10.2 Å². The van der Waals surface area contributed by atoms with E-state index >= 15 is 0 Å². The topological polar surface area (TPSA) is 101 Å². The first-order chi connectivity index (χ1) is 14.7. The number of hydrogen-bond acceptors (Lipinski definition) is 5. The second-order valence-corrected chi connectivity index (χ2v) is 14.1. The maximum absolute atomic E-state index is 10.1. The van der Waals surface area contributed by atoms with Crippen LogP contribution in [0.1, 0.15) is 119 Å². The van der Waals surface area contributed by atoms with Gasteiger partial charge in [-0.2, -0.15) is 14.7 Å². The molecule has 0 unspecified atom stereocenters. The Bertz CT molecular complexity index is 684. The number of rotatable bonds is 7. The molecule has 6 heteroatoms. The lowest BCUT2D eigenvalue weighted by molar-refractivity contribution is 0.0420. The molecule has 0 aromatic heterocycles. The molecule has 194 valence electrons. The van der Waals surface area contributed by atoms with Crippen LogP contribution in [0.2, 0.25) is 0 Å². The lowest BCUT2D eigenvalue weighted by Crippen LogP contribution is -2.34. The van der Waals surface area contributed by atoms with Crippen molar-refractivity contribution in [2.45, 2.75) is 118 Å². The molecule has 5 N–H and O–H groups in total. The van der Waals surface area contributed by atoms with Crippen LogP contribution in [-0.2, 0) is 16.2 Å². The van der Waals surface area contributed by atoms with Crippen molar-refractivity contribution in [2.24, 2.45) is 5.41 Å². The van der Waals surface area contributed by atoms with Crippen molar-refractivity contribution in [1.82, 2.24) is 0 Å². The van der Waals surface area contributed by atoms with Crippen LogP contribution in [0, 0.1) is 5.41 Å². The van der Waals surface area contributed by atoms with E-state index in [1.165, 1.54) is 0 Å². The van der Waals surface area contributed by atoms with Gasteiger partial charge in [-0.15, -0.1) is 0 Å². The summed E-state index contributed by atoms with van der Waals surface area (Å²) in [4.78, 5) is 30.3. The monoisotopic (exact) mass is 487 g/mol. The quantitative estimate of drug-likeness (QED) is 0.327. The van der Waals surface area contributed by atoms with Crippen molar-refractivity contribution in [3.05, 3.63) is 28.8 Å². The lowest BCUT2D eigenvalue weighted by Gasteiger charge is -2.32. The van der Waals surface area contributed by atoms with Crippen LogP contribution >= 0.6 is 7.94 Å². The van der Waals surface area contributed by atoms with E-state index < -0.39 is 7.94 Å². The van der Waals surface area contributed by atoms with Gasteiger partial charge in [-0.1, -0.05) is 101 Å². The molecule has 0 bridgehead atoms. The van der Waals surface area contributed by atoms with Crippen LogP contribution in [0.25, 0.3) is 0 Å². The summed E-state index contributed by atoms with van der Waals surface area (Å²) in [5.74, 6) is 0. The molecule has 0 aliphatic rings. The van der Waals surface area contributed by atoms with E-state index in [9.17, 15) is 14.7 Å². The number of hydrogen-bond donors (Lipinski definition) is 5. The molecule has 0 fully saturated rings. The van der Waals surface area contributed by atoms with E-state index in [1.54, 1.807) is 0 Å². The molecular formula is C27H52O5P+. The molecule has 33 heavy (non-hydrogen) atoms. The first kappa shape index (κ1) is 32.5. The summed E-state index contributed by atoms with van der Waals surface area (Å²) >= 11 is 0. The van der Waals surface area contributed by atoms with Gasteiger partial charge >= 0.3 is 7.94 Å². The third kappa shape index (κ3) is 9.55. The maximum atomic E-state index is 10.1. The van der Waals surface area contributed by atoms with E-state index in [1.807, 2.05) is 60.6 Å². The number of benzene rings is 1. The van der Waals surface area contributed by atoms with Crippen molar-refractivity contribution in [1.29, 1.82) is 0 Å². The molecule has 0 atom stereocenters. The molecule has 0 heterocycles. The van der Waals surface area contributed by atoms with Gasteiger partial charge in [0.25, 0.3) is 0 Å². The third-order valence-electron chi connectivity index (χ3n) is 6.37. The Balaban J connectivity index is 0.000000785. The average Bonchev–Trinajstić information content (AvgIpc) is 2.66. The van der Waals surface area contributed by atoms with Crippen LogP contribution < -0.4 is 5.30 Å². The first-order valence-electron chi connectivity index (χ1n) is 12.2. The lowest BCUT2D eigenvalue weighted by atomic mass is 9.75. The SMILES string of the molecule is CC(C)(C)c1cc(C(C)(C)C)c([P+](O)(O)O)c(C(C)(C)C)c1.CCCCC(CC)(CO)CO. The molecule has 1 aromatic carbocycles. The Morgan fingerprint density at radius 2 is 1.09 bits per heavy atom. The van der Waals surface area contributed by atoms with Crippen LogP contribution in [0.15, 0.2) is 12.1 Å². The molecule has 0 amide bonds. The maximum Gasteiger partial charge on any atom is 0.441 e. The summed E-state index contributed by atoms with van der Waals surface area (Å²) in [7, 11) is -4.11. The molecule has 5 nitrogen and oxygen atoms in total. The minimum absolute atomic E-state index is 0.0556. The standard InChI is InChI=1S/C18H32O3P.C9H20O2/c1-16(2,3)12-10-13(17(4,5)6)15(22(19,20)21)14(11-12)18(7,8)9;1-3-5-6-9(4-2,7-10)8-11/h10-11,19-21H,1-9H3;10-11H,3-8H2,1-2H3/q+1;. The summed E-state index contributed by atoms with van der Waals surface area (Å²) < 4.78 is 0. The van der Waals surface area contributed by atoms with E-state index in [2.05, 4.69) is 27.7 Å². The summed E-state index contributed by atoms with van der Waals surface area (Å²) in [5, 5.41) is 18.4. The highest BCUT2D eigenvalue weighted by Crippen LogP contribution is 2.50. The summed E-state index contributed by atoms with van der Waals surface area (Å²) in [6.07, 6.45) is 4.02. The highest BCUT2D eigenvalue weighted by Gasteiger charge is 2.45. The zero-order valence-electron chi connectivity index (χ0n) is 23.1. The summed E-state index contributed by atoms with van der Waals surface area (Å²) in [6.45, 7) is 22.9. The van der Waals surface area contributed by atoms with Crippen molar-refractivity contribution in [3.8, 4) is 0 Å². The second kappa shape index (κ2) is 11.9. The number of aliphatic hydroxyl groups is 2. The fourth-order valence-electron chi connectivity index (χ4n) is 3.69. The Hall–Kier alpha value is -0.550. The smallest absolute Gasteiger partial charge is 0.396 e. The summed E-state index contributed by atoms with van der Waals surface area (Å²) in [5.41, 5.74) is 1.90. The van der Waals surface area contributed by atoms with Gasteiger partial charge in [0.2, 0.25) is 0 Å². The van der Waals surface area contributed by atoms with Gasteiger partial charge in [-0.3, -0.25) is 0 Å². The van der Waals surface area contributed by atoms with Crippen molar-refractivity contribution >= 4 is 13.2 Å². The van der Waals surface area contributed by atoms with Gasteiger partial charge in [0, 0.05) is 16.5 Å². The predicted molar refractivity (Wildman–Crippen MR) is 142 cm³/mol. The van der Waals surface area contributed by atoms with Crippen LogP contribution in [0.4, 0.5) is 0 Å². The first-order valence-corrected chi connectivity index (χ1v) is 13.8. The molecular weight excluding hydrogens is 435 g/mol. The predicted octanol–water partition coefficient (Wildman–Crippen LogP) is 5.50. The van der Waals surface area contributed by atoms with E-state index in [-0.39, 0.29) is 34.9 Å². The number of aliphatic hydroxyl groups excluding tert-OH is 2. The minimum Gasteiger partial charge on any atom is -0.396 e. The Kier molecular flexibility index (Phi) is 11.7.